The van der Waals surface area contributed by atoms with Gasteiger partial charge in [-0.1, -0.05) is 76.9 Å². The average molecular weight is 494 g/mol. The number of hydrogen-bond acceptors (Lipinski definition) is 5. The van der Waals surface area contributed by atoms with Gasteiger partial charge in [0.2, 0.25) is 11.7 Å². The van der Waals surface area contributed by atoms with Gasteiger partial charge in [-0.2, -0.15) is 0 Å². The lowest BCUT2D eigenvalue weighted by Crippen LogP contribution is -2.15. The van der Waals surface area contributed by atoms with Crippen molar-refractivity contribution in [1.82, 2.24) is 14.8 Å². The van der Waals surface area contributed by atoms with E-state index in [0.717, 1.165) is 5.56 Å². The maximum atomic E-state index is 12.5. The number of nitrogens with zero attached hydrogens (tertiary/aromatic N) is 3. The molecule has 0 radical (unpaired) electrons. The minimum Gasteiger partial charge on any atom is -0.461 e. The third-order valence-electron chi connectivity index (χ3n) is 4.25. The van der Waals surface area contributed by atoms with Gasteiger partial charge in [0.25, 0.3) is 0 Å². The van der Waals surface area contributed by atoms with Gasteiger partial charge in [-0.05, 0) is 29.8 Å². The van der Waals surface area contributed by atoms with Crippen LogP contribution in [0.25, 0.3) is 11.6 Å². The van der Waals surface area contributed by atoms with Crippen molar-refractivity contribution >= 4 is 58.2 Å². The highest BCUT2D eigenvalue weighted by atomic mass is 35.5. The van der Waals surface area contributed by atoms with Crippen molar-refractivity contribution in [2.45, 2.75) is 11.7 Å². The first-order valence-electron chi connectivity index (χ1n) is 9.09. The molecular weight excluding hydrogens is 479 g/mol. The number of rotatable bonds is 7. The van der Waals surface area contributed by atoms with Gasteiger partial charge in [-0.25, -0.2) is 0 Å². The van der Waals surface area contributed by atoms with Crippen LogP contribution in [-0.4, -0.2) is 26.4 Å². The molecule has 0 atom stereocenters. The fourth-order valence-electron chi connectivity index (χ4n) is 2.86. The topological polar surface area (TPSA) is 73.0 Å². The number of hydrogen-bond donors (Lipinski definition) is 1. The van der Waals surface area contributed by atoms with Gasteiger partial charge < -0.3 is 9.73 Å². The van der Waals surface area contributed by atoms with Crippen molar-refractivity contribution in [3.63, 3.8) is 0 Å². The molecule has 0 fully saturated rings. The summed E-state index contributed by atoms with van der Waals surface area (Å²) >= 11 is 19.5. The zero-order chi connectivity index (χ0) is 21.8. The van der Waals surface area contributed by atoms with Gasteiger partial charge in [0.05, 0.1) is 34.3 Å². The Hall–Kier alpha value is -2.45. The van der Waals surface area contributed by atoms with E-state index in [1.165, 1.54) is 23.9 Å². The van der Waals surface area contributed by atoms with Crippen LogP contribution in [-0.2, 0) is 11.3 Å². The Morgan fingerprint density at radius 1 is 1.03 bits per heavy atom. The van der Waals surface area contributed by atoms with Crippen LogP contribution in [0.4, 0.5) is 5.69 Å². The minimum atomic E-state index is -0.287. The summed E-state index contributed by atoms with van der Waals surface area (Å²) in [4.78, 5) is 12.5. The number of amides is 1. The van der Waals surface area contributed by atoms with E-state index in [4.69, 9.17) is 39.2 Å². The second-order valence-electron chi connectivity index (χ2n) is 6.44. The molecule has 158 valence electrons. The van der Waals surface area contributed by atoms with Gasteiger partial charge in [-0.3, -0.25) is 9.36 Å². The van der Waals surface area contributed by atoms with Crippen molar-refractivity contribution in [3.8, 4) is 11.6 Å². The van der Waals surface area contributed by atoms with Gasteiger partial charge in [0.15, 0.2) is 10.9 Å². The van der Waals surface area contributed by atoms with Crippen LogP contribution >= 0.6 is 46.6 Å². The Kier molecular flexibility index (Phi) is 6.87. The van der Waals surface area contributed by atoms with Crippen LogP contribution in [0.3, 0.4) is 0 Å². The lowest BCUT2D eigenvalue weighted by atomic mass is 10.2. The highest BCUT2D eigenvalue weighted by Crippen LogP contribution is 2.34. The third kappa shape index (κ3) is 5.25. The van der Waals surface area contributed by atoms with Gasteiger partial charge in [-0.15, -0.1) is 10.2 Å². The molecule has 2 heterocycles. The van der Waals surface area contributed by atoms with E-state index in [1.54, 1.807) is 12.3 Å². The quantitative estimate of drug-likeness (QED) is 0.307. The van der Waals surface area contributed by atoms with E-state index in [9.17, 15) is 4.79 Å². The summed E-state index contributed by atoms with van der Waals surface area (Å²) in [5.74, 6) is 0.977. The summed E-state index contributed by atoms with van der Waals surface area (Å²) in [5.41, 5.74) is 1.39. The maximum Gasteiger partial charge on any atom is 0.234 e. The summed E-state index contributed by atoms with van der Waals surface area (Å²) in [6, 6.07) is 16.5. The number of carbonyl (C=O) groups excluding carboxylic acids is 1. The van der Waals surface area contributed by atoms with E-state index in [0.29, 0.717) is 34.0 Å². The monoisotopic (exact) mass is 492 g/mol. The number of anilines is 1. The Morgan fingerprint density at radius 3 is 2.45 bits per heavy atom. The van der Waals surface area contributed by atoms with Crippen molar-refractivity contribution in [2.75, 3.05) is 11.1 Å². The second-order valence-corrected chi connectivity index (χ2v) is 8.63. The number of benzene rings is 2. The number of carbonyl (C=O) groups is 1. The molecular formula is C21H15Cl3N4O2S. The summed E-state index contributed by atoms with van der Waals surface area (Å²) in [6.07, 6.45) is 1.58. The van der Waals surface area contributed by atoms with E-state index in [2.05, 4.69) is 15.5 Å². The highest BCUT2D eigenvalue weighted by molar-refractivity contribution is 7.99. The molecule has 0 saturated heterocycles. The molecule has 0 aliphatic heterocycles. The zero-order valence-corrected chi connectivity index (χ0v) is 19.0. The van der Waals surface area contributed by atoms with Crippen molar-refractivity contribution in [3.05, 3.63) is 81.5 Å². The van der Waals surface area contributed by atoms with E-state index >= 15 is 0 Å². The first-order chi connectivity index (χ1) is 15.0. The summed E-state index contributed by atoms with van der Waals surface area (Å²) in [6.45, 7) is 0.530. The van der Waals surface area contributed by atoms with Crippen molar-refractivity contribution in [1.29, 1.82) is 0 Å². The van der Waals surface area contributed by atoms with Gasteiger partial charge in [0, 0.05) is 5.02 Å². The van der Waals surface area contributed by atoms with Crippen LogP contribution in [0.15, 0.2) is 70.4 Å². The van der Waals surface area contributed by atoms with Crippen LogP contribution in [0, 0.1) is 0 Å². The fourth-order valence-corrected chi connectivity index (χ4v) is 4.51. The number of halogens is 3. The molecule has 2 aromatic heterocycles. The number of furan rings is 1. The second kappa shape index (κ2) is 9.78. The molecule has 1 N–H and O–H groups in total. The van der Waals surface area contributed by atoms with Crippen molar-refractivity contribution in [2.24, 2.45) is 0 Å². The lowest BCUT2D eigenvalue weighted by Gasteiger charge is -2.11. The average Bonchev–Trinajstić information content (AvgIpc) is 3.40. The highest BCUT2D eigenvalue weighted by Gasteiger charge is 2.18. The molecule has 0 bridgehead atoms. The fraction of sp³-hybridized carbons (Fsp3) is 0.0952. The molecule has 0 aliphatic carbocycles. The molecule has 10 heteroatoms. The standard InChI is InChI=1S/C21H15Cl3N4O2S/c22-14-9-15(23)19(16(24)10-14)25-18(29)12-31-21-27-26-20(17-7-4-8-30-17)28(21)11-13-5-2-1-3-6-13/h1-10H,11-12H2,(H,25,29). The first kappa shape index (κ1) is 21.8. The molecule has 0 aliphatic rings. The first-order valence-corrected chi connectivity index (χ1v) is 11.2. The largest absolute Gasteiger partial charge is 0.461 e. The molecule has 1 amide bonds. The van der Waals surface area contributed by atoms with Crippen LogP contribution in [0.1, 0.15) is 5.56 Å². The number of aromatic nitrogens is 3. The lowest BCUT2D eigenvalue weighted by molar-refractivity contribution is -0.113. The molecule has 0 spiro atoms. The Labute approximate surface area is 197 Å². The minimum absolute atomic E-state index is 0.0837. The molecule has 2 aromatic carbocycles. The van der Waals surface area contributed by atoms with E-state index in [-0.39, 0.29) is 21.7 Å². The van der Waals surface area contributed by atoms with Gasteiger partial charge in [0.1, 0.15) is 0 Å². The van der Waals surface area contributed by atoms with Gasteiger partial charge >= 0.3 is 0 Å². The third-order valence-corrected chi connectivity index (χ3v) is 6.03. The molecule has 31 heavy (non-hydrogen) atoms. The molecule has 0 saturated carbocycles. The summed E-state index contributed by atoms with van der Waals surface area (Å²) < 4.78 is 7.41. The SMILES string of the molecule is O=C(CSc1nnc(-c2ccco2)n1Cc1ccccc1)Nc1c(Cl)cc(Cl)cc1Cl. The Balaban J connectivity index is 1.52. The smallest absolute Gasteiger partial charge is 0.234 e. The molecule has 4 rings (SSSR count). The predicted molar refractivity (Wildman–Crippen MR) is 124 cm³/mol. The Bertz CT molecular complexity index is 1170. The van der Waals surface area contributed by atoms with E-state index < -0.39 is 0 Å². The van der Waals surface area contributed by atoms with Crippen molar-refractivity contribution < 1.29 is 9.21 Å². The summed E-state index contributed by atoms with van der Waals surface area (Å²) in [5, 5.41) is 12.8. The summed E-state index contributed by atoms with van der Waals surface area (Å²) in [7, 11) is 0. The van der Waals surface area contributed by atoms with E-state index in [1.807, 2.05) is 41.0 Å². The number of thioether (sulfide) groups is 1. The van der Waals surface area contributed by atoms with Crippen LogP contribution in [0.5, 0.6) is 0 Å². The molecule has 6 nitrogen and oxygen atoms in total. The zero-order valence-electron chi connectivity index (χ0n) is 15.9. The maximum absolute atomic E-state index is 12.5. The number of nitrogens with one attached hydrogen (secondary N) is 1. The van der Waals surface area contributed by atoms with Crippen LogP contribution in [0.2, 0.25) is 15.1 Å². The molecule has 0 unspecified atom stereocenters. The van der Waals surface area contributed by atoms with Crippen LogP contribution < -0.4 is 5.32 Å². The molecule has 4 aromatic rings. The predicted octanol–water partition coefficient (Wildman–Crippen LogP) is 6.28. The normalized spacial score (nSPS) is 10.9. The Morgan fingerprint density at radius 2 is 1.77 bits per heavy atom.